The number of carboxylic acid groups (broad SMARTS) is 1. The third kappa shape index (κ3) is 3.47. The van der Waals surface area contributed by atoms with Crippen molar-refractivity contribution in [2.75, 3.05) is 13.1 Å². The maximum absolute atomic E-state index is 11.4. The number of nitrogens with zero attached hydrogens (tertiary/aromatic N) is 2. The summed E-state index contributed by atoms with van der Waals surface area (Å²) < 4.78 is 0. The SMILES string of the molecule is CC(C)CC(C(=O)O)N1CCC(c2n[nH]c(=O)[nH]2)CC1. The molecule has 0 bridgehead atoms. The Balaban J connectivity index is 1.95. The summed E-state index contributed by atoms with van der Waals surface area (Å²) in [5, 5.41) is 15.7. The van der Waals surface area contributed by atoms with Crippen molar-refractivity contribution in [2.45, 2.75) is 45.1 Å². The first-order chi connectivity index (χ1) is 9.47. The van der Waals surface area contributed by atoms with Gasteiger partial charge in [0.2, 0.25) is 0 Å². The number of hydrogen-bond donors (Lipinski definition) is 3. The number of aromatic amines is 2. The zero-order valence-corrected chi connectivity index (χ0v) is 11.9. The molecule has 112 valence electrons. The zero-order valence-electron chi connectivity index (χ0n) is 11.9. The number of nitrogens with one attached hydrogen (secondary N) is 2. The smallest absolute Gasteiger partial charge is 0.340 e. The number of hydrogen-bond acceptors (Lipinski definition) is 4. The first-order valence-corrected chi connectivity index (χ1v) is 7.08. The van der Waals surface area contributed by atoms with Gasteiger partial charge in [-0.3, -0.25) is 14.7 Å². The summed E-state index contributed by atoms with van der Waals surface area (Å²) in [6.07, 6.45) is 2.31. The number of carbonyl (C=O) groups is 1. The van der Waals surface area contributed by atoms with Gasteiger partial charge in [-0.05, 0) is 38.3 Å². The normalized spacial score (nSPS) is 19.4. The molecule has 2 rings (SSSR count). The average Bonchev–Trinajstić information content (AvgIpc) is 2.82. The van der Waals surface area contributed by atoms with Gasteiger partial charge < -0.3 is 5.11 Å². The standard InChI is InChI=1S/C13H22N4O3/c1-8(2)7-10(12(18)19)17-5-3-9(4-6-17)11-14-13(20)16-15-11/h8-10H,3-7H2,1-2H3,(H,18,19)(H2,14,15,16,20). The first kappa shape index (κ1) is 14.8. The second kappa shape index (κ2) is 6.21. The highest BCUT2D eigenvalue weighted by atomic mass is 16.4. The van der Waals surface area contributed by atoms with Gasteiger partial charge >= 0.3 is 11.7 Å². The number of H-pyrrole nitrogens is 2. The van der Waals surface area contributed by atoms with Gasteiger partial charge in [-0.1, -0.05) is 13.8 Å². The monoisotopic (exact) mass is 282 g/mol. The van der Waals surface area contributed by atoms with Gasteiger partial charge in [-0.2, -0.15) is 5.10 Å². The number of piperidine rings is 1. The van der Waals surface area contributed by atoms with E-state index < -0.39 is 12.0 Å². The summed E-state index contributed by atoms with van der Waals surface area (Å²) in [6.45, 7) is 5.53. The van der Waals surface area contributed by atoms with Crippen molar-refractivity contribution >= 4 is 5.97 Å². The lowest BCUT2D eigenvalue weighted by atomic mass is 9.93. The van der Waals surface area contributed by atoms with Crippen molar-refractivity contribution in [3.63, 3.8) is 0 Å². The lowest BCUT2D eigenvalue weighted by Gasteiger charge is -2.35. The molecule has 0 amide bonds. The zero-order chi connectivity index (χ0) is 14.7. The third-order valence-corrected chi connectivity index (χ3v) is 3.86. The van der Waals surface area contributed by atoms with Crippen LogP contribution < -0.4 is 5.69 Å². The van der Waals surface area contributed by atoms with Gasteiger partial charge in [0.15, 0.2) is 0 Å². The second-order valence-corrected chi connectivity index (χ2v) is 5.86. The lowest BCUT2D eigenvalue weighted by Crippen LogP contribution is -2.46. The highest BCUT2D eigenvalue weighted by Crippen LogP contribution is 2.27. The van der Waals surface area contributed by atoms with Crippen molar-refractivity contribution in [3.8, 4) is 0 Å². The van der Waals surface area contributed by atoms with Crippen LogP contribution in [-0.2, 0) is 4.79 Å². The molecular weight excluding hydrogens is 260 g/mol. The van der Waals surface area contributed by atoms with Gasteiger partial charge in [0.1, 0.15) is 11.9 Å². The highest BCUT2D eigenvalue weighted by Gasteiger charge is 2.31. The van der Waals surface area contributed by atoms with Crippen LogP contribution in [0.1, 0.15) is 44.9 Å². The predicted octanol–water partition coefficient (Wildman–Crippen LogP) is 0.777. The van der Waals surface area contributed by atoms with Gasteiger partial charge in [0.05, 0.1) is 0 Å². The van der Waals surface area contributed by atoms with Gasteiger partial charge in [-0.15, -0.1) is 0 Å². The number of likely N-dealkylation sites (tertiary alicyclic amines) is 1. The summed E-state index contributed by atoms with van der Waals surface area (Å²) in [5.41, 5.74) is -0.286. The molecule has 0 radical (unpaired) electrons. The fourth-order valence-electron chi connectivity index (χ4n) is 2.81. The Labute approximate surface area is 117 Å². The van der Waals surface area contributed by atoms with Crippen LogP contribution in [0.4, 0.5) is 0 Å². The van der Waals surface area contributed by atoms with E-state index in [1.54, 1.807) is 0 Å². The molecule has 1 saturated heterocycles. The first-order valence-electron chi connectivity index (χ1n) is 7.08. The van der Waals surface area contributed by atoms with Crippen LogP contribution in [0.5, 0.6) is 0 Å². The molecule has 1 fully saturated rings. The molecule has 2 heterocycles. The van der Waals surface area contributed by atoms with E-state index in [0.717, 1.165) is 25.9 Å². The molecule has 1 aliphatic heterocycles. The molecule has 1 atom stereocenters. The molecule has 0 saturated carbocycles. The molecule has 1 aliphatic rings. The molecule has 0 aliphatic carbocycles. The van der Waals surface area contributed by atoms with E-state index in [9.17, 15) is 14.7 Å². The van der Waals surface area contributed by atoms with Gasteiger partial charge in [0.25, 0.3) is 0 Å². The van der Waals surface area contributed by atoms with Crippen LogP contribution in [-0.4, -0.2) is 50.3 Å². The number of aromatic nitrogens is 3. The Morgan fingerprint density at radius 3 is 2.55 bits per heavy atom. The maximum Gasteiger partial charge on any atom is 0.340 e. The summed E-state index contributed by atoms with van der Waals surface area (Å²) in [7, 11) is 0. The van der Waals surface area contributed by atoms with Crippen LogP contribution >= 0.6 is 0 Å². The number of aliphatic carboxylic acids is 1. The quantitative estimate of drug-likeness (QED) is 0.740. The van der Waals surface area contributed by atoms with Crippen LogP contribution in [0, 0.1) is 5.92 Å². The van der Waals surface area contributed by atoms with Crippen molar-refractivity contribution in [1.29, 1.82) is 0 Å². The van der Waals surface area contributed by atoms with Crippen LogP contribution in [0.3, 0.4) is 0 Å². The molecule has 1 aromatic heterocycles. The average molecular weight is 282 g/mol. The summed E-state index contributed by atoms with van der Waals surface area (Å²) in [4.78, 5) is 27.2. The number of carboxylic acids is 1. The Bertz CT molecular complexity index is 500. The van der Waals surface area contributed by atoms with E-state index in [-0.39, 0.29) is 11.6 Å². The Morgan fingerprint density at radius 2 is 2.10 bits per heavy atom. The molecular formula is C13H22N4O3. The maximum atomic E-state index is 11.4. The minimum Gasteiger partial charge on any atom is -0.480 e. The molecule has 1 aromatic rings. The van der Waals surface area contributed by atoms with E-state index in [2.05, 4.69) is 15.2 Å². The minimum absolute atomic E-state index is 0.207. The van der Waals surface area contributed by atoms with E-state index in [4.69, 9.17) is 0 Å². The van der Waals surface area contributed by atoms with E-state index >= 15 is 0 Å². The van der Waals surface area contributed by atoms with E-state index in [0.29, 0.717) is 18.2 Å². The van der Waals surface area contributed by atoms with Gasteiger partial charge in [0, 0.05) is 5.92 Å². The summed E-state index contributed by atoms with van der Waals surface area (Å²) >= 11 is 0. The number of rotatable bonds is 5. The fraction of sp³-hybridized carbons (Fsp3) is 0.769. The largest absolute Gasteiger partial charge is 0.480 e. The van der Waals surface area contributed by atoms with Crippen molar-refractivity contribution in [1.82, 2.24) is 20.1 Å². The van der Waals surface area contributed by atoms with Crippen molar-refractivity contribution < 1.29 is 9.90 Å². The van der Waals surface area contributed by atoms with Gasteiger partial charge in [-0.25, -0.2) is 9.89 Å². The van der Waals surface area contributed by atoms with Crippen LogP contribution in [0.15, 0.2) is 4.79 Å². The molecule has 20 heavy (non-hydrogen) atoms. The Morgan fingerprint density at radius 1 is 1.45 bits per heavy atom. The highest BCUT2D eigenvalue weighted by molar-refractivity contribution is 5.73. The Kier molecular flexibility index (Phi) is 4.59. The van der Waals surface area contributed by atoms with Crippen LogP contribution in [0.25, 0.3) is 0 Å². The van der Waals surface area contributed by atoms with E-state index in [1.807, 2.05) is 18.7 Å². The predicted molar refractivity (Wildman–Crippen MR) is 73.6 cm³/mol. The lowest BCUT2D eigenvalue weighted by molar-refractivity contribution is -0.144. The second-order valence-electron chi connectivity index (χ2n) is 5.86. The Hall–Kier alpha value is -1.63. The molecule has 1 unspecified atom stereocenters. The topological polar surface area (TPSA) is 102 Å². The van der Waals surface area contributed by atoms with Crippen molar-refractivity contribution in [2.24, 2.45) is 5.92 Å². The summed E-state index contributed by atoms with van der Waals surface area (Å²) in [5.74, 6) is 0.505. The fourth-order valence-corrected chi connectivity index (χ4v) is 2.81. The molecule has 7 heteroatoms. The summed E-state index contributed by atoms with van der Waals surface area (Å²) in [6, 6.07) is -0.408. The molecule has 0 aromatic carbocycles. The third-order valence-electron chi connectivity index (χ3n) is 3.86. The van der Waals surface area contributed by atoms with Crippen LogP contribution in [0.2, 0.25) is 0 Å². The van der Waals surface area contributed by atoms with Crippen molar-refractivity contribution in [3.05, 3.63) is 16.3 Å². The molecule has 0 spiro atoms. The minimum atomic E-state index is -0.745. The molecule has 3 N–H and O–H groups in total. The molecule has 7 nitrogen and oxygen atoms in total. The van der Waals surface area contributed by atoms with E-state index in [1.165, 1.54) is 0 Å².